The maximum atomic E-state index is 13.5. The molecule has 0 aliphatic carbocycles. The van der Waals surface area contributed by atoms with E-state index in [0.717, 1.165) is 5.56 Å². The van der Waals surface area contributed by atoms with Crippen LogP contribution >= 0.6 is 35.0 Å². The molecule has 1 aliphatic rings. The summed E-state index contributed by atoms with van der Waals surface area (Å²) in [4.78, 5) is 36.8. The number of amides is 1. The smallest absolute Gasteiger partial charge is 0.328 e. The molecule has 8 nitrogen and oxygen atoms in total. The van der Waals surface area contributed by atoms with Crippen molar-refractivity contribution in [3.05, 3.63) is 63.3 Å². The molecule has 11 heteroatoms. The summed E-state index contributed by atoms with van der Waals surface area (Å²) in [6.45, 7) is 0.0806. The van der Waals surface area contributed by atoms with Gasteiger partial charge in [0.25, 0.3) is 5.91 Å². The van der Waals surface area contributed by atoms with Gasteiger partial charge in [-0.15, -0.1) is 0 Å². The fraction of sp³-hybridized carbons (Fsp3) is 0.250. The van der Waals surface area contributed by atoms with Crippen molar-refractivity contribution in [2.75, 3.05) is 20.5 Å². The number of aromatic nitrogens is 2. The Morgan fingerprint density at radius 2 is 1.83 bits per heavy atom. The van der Waals surface area contributed by atoms with Crippen LogP contribution in [0.3, 0.4) is 0 Å². The van der Waals surface area contributed by atoms with Gasteiger partial charge in [-0.3, -0.25) is 4.79 Å². The van der Waals surface area contributed by atoms with Crippen molar-refractivity contribution in [1.82, 2.24) is 14.9 Å². The molecule has 0 spiro atoms. The average Bonchev–Trinajstić information content (AvgIpc) is 3.18. The quantitative estimate of drug-likeness (QED) is 0.266. The molecule has 0 fully saturated rings. The summed E-state index contributed by atoms with van der Waals surface area (Å²) in [6, 6.07) is 8.74. The second-order valence-electron chi connectivity index (χ2n) is 7.70. The predicted molar refractivity (Wildman–Crippen MR) is 133 cm³/mol. The molecular weight excluding hydrogens is 513 g/mol. The zero-order chi connectivity index (χ0) is 25.3. The third-order valence-electron chi connectivity index (χ3n) is 5.67. The van der Waals surface area contributed by atoms with E-state index in [1.165, 1.54) is 43.0 Å². The summed E-state index contributed by atoms with van der Waals surface area (Å²) in [5.41, 5.74) is 2.49. The highest BCUT2D eigenvalue weighted by Crippen LogP contribution is 2.40. The van der Waals surface area contributed by atoms with Crippen LogP contribution in [0.2, 0.25) is 10.0 Å². The van der Waals surface area contributed by atoms with Crippen LogP contribution in [0.15, 0.2) is 41.6 Å². The lowest BCUT2D eigenvalue weighted by molar-refractivity contribution is -0.146. The molecule has 4 rings (SSSR count). The first-order chi connectivity index (χ1) is 16.8. The summed E-state index contributed by atoms with van der Waals surface area (Å²) in [6.07, 6.45) is 2.00. The predicted octanol–water partition coefficient (Wildman–Crippen LogP) is 4.63. The molecule has 0 saturated heterocycles. The van der Waals surface area contributed by atoms with Gasteiger partial charge in [0.2, 0.25) is 0 Å². The van der Waals surface area contributed by atoms with Crippen molar-refractivity contribution in [2.24, 2.45) is 0 Å². The maximum Gasteiger partial charge on any atom is 0.328 e. The minimum absolute atomic E-state index is 0.0806. The molecule has 1 aromatic heterocycles. The van der Waals surface area contributed by atoms with Crippen LogP contribution < -0.4 is 4.74 Å². The van der Waals surface area contributed by atoms with Gasteiger partial charge in [-0.2, -0.15) is 0 Å². The van der Waals surface area contributed by atoms with Gasteiger partial charge in [0.1, 0.15) is 23.2 Å². The van der Waals surface area contributed by atoms with E-state index >= 15 is 0 Å². The fourth-order valence-electron chi connectivity index (χ4n) is 3.91. The van der Waals surface area contributed by atoms with Gasteiger partial charge in [-0.1, -0.05) is 47.1 Å². The number of phenolic OH excluding ortho intramolecular Hbond substituents is 1. The Morgan fingerprint density at radius 3 is 2.46 bits per heavy atom. The molecule has 1 N–H and O–H groups in total. The Hall–Kier alpha value is -3.01. The minimum atomic E-state index is -0.910. The van der Waals surface area contributed by atoms with Gasteiger partial charge < -0.3 is 19.5 Å². The second-order valence-corrected chi connectivity index (χ2v) is 9.28. The Kier molecular flexibility index (Phi) is 7.39. The number of ether oxygens (including phenoxy) is 2. The molecule has 182 valence electrons. The zero-order valence-corrected chi connectivity index (χ0v) is 21.4. The second kappa shape index (κ2) is 10.3. The van der Waals surface area contributed by atoms with E-state index in [2.05, 4.69) is 9.97 Å². The number of aromatic hydroxyl groups is 1. The van der Waals surface area contributed by atoms with Crippen molar-refractivity contribution in [1.29, 1.82) is 0 Å². The maximum absolute atomic E-state index is 13.5. The van der Waals surface area contributed by atoms with Gasteiger partial charge in [-0.05, 0) is 36.1 Å². The number of esters is 1. The Morgan fingerprint density at radius 1 is 1.14 bits per heavy atom. The standard InChI is InChI=1S/C24H21Cl2N3O5S/c1-33-19-9-14(16(25)10-17(19)26)20-15-11-29(22(31)21(15)28-24(27-20)35-3)18(23(32)34-2)8-12-4-6-13(30)7-5-12/h4-7,9-10,18,30H,8,11H2,1-3H3. The number of halogens is 2. The van der Waals surface area contributed by atoms with E-state index in [9.17, 15) is 14.7 Å². The number of nitrogens with zero attached hydrogens (tertiary/aromatic N) is 3. The SMILES string of the molecule is COC(=O)C(Cc1ccc(O)cc1)N1Cc2c(nc(SC)nc2-c2cc(OC)c(Cl)cc2Cl)C1=O. The Bertz CT molecular complexity index is 1300. The molecule has 0 saturated carbocycles. The van der Waals surface area contributed by atoms with Crippen LogP contribution in [0.4, 0.5) is 0 Å². The third-order valence-corrected chi connectivity index (χ3v) is 6.83. The number of phenols is 1. The van der Waals surface area contributed by atoms with Crippen LogP contribution in [0.1, 0.15) is 21.6 Å². The van der Waals surface area contributed by atoms with Crippen LogP contribution in [0, 0.1) is 0 Å². The molecule has 0 bridgehead atoms. The summed E-state index contributed by atoms with van der Waals surface area (Å²) < 4.78 is 10.4. The summed E-state index contributed by atoms with van der Waals surface area (Å²) in [5.74, 6) is -0.465. The zero-order valence-electron chi connectivity index (χ0n) is 19.0. The van der Waals surface area contributed by atoms with E-state index in [-0.39, 0.29) is 24.4 Å². The molecule has 1 amide bonds. The Balaban J connectivity index is 1.80. The number of hydrogen-bond donors (Lipinski definition) is 1. The molecule has 1 unspecified atom stereocenters. The average molecular weight is 534 g/mol. The summed E-state index contributed by atoms with van der Waals surface area (Å²) in [5, 5.41) is 10.6. The lowest BCUT2D eigenvalue weighted by Crippen LogP contribution is -2.43. The molecule has 2 heterocycles. The molecule has 1 aliphatic heterocycles. The number of fused-ring (bicyclic) bond motifs is 1. The van der Waals surface area contributed by atoms with Crippen molar-refractivity contribution in [2.45, 2.75) is 24.2 Å². The summed E-state index contributed by atoms with van der Waals surface area (Å²) >= 11 is 14.0. The molecule has 3 aromatic rings. The largest absolute Gasteiger partial charge is 0.508 e. The first-order valence-corrected chi connectivity index (χ1v) is 12.4. The van der Waals surface area contributed by atoms with Crippen molar-refractivity contribution in [3.8, 4) is 22.8 Å². The van der Waals surface area contributed by atoms with Gasteiger partial charge in [0, 0.05) is 17.5 Å². The minimum Gasteiger partial charge on any atom is -0.508 e. The third kappa shape index (κ3) is 4.89. The van der Waals surface area contributed by atoms with Gasteiger partial charge in [0.05, 0.1) is 36.5 Å². The number of benzene rings is 2. The normalized spacial score (nSPS) is 13.5. The first-order valence-electron chi connectivity index (χ1n) is 10.4. The fourth-order valence-corrected chi connectivity index (χ4v) is 4.83. The molecule has 1 atom stereocenters. The highest BCUT2D eigenvalue weighted by Gasteiger charge is 2.40. The van der Waals surface area contributed by atoms with E-state index in [0.29, 0.717) is 37.8 Å². The van der Waals surface area contributed by atoms with Gasteiger partial charge >= 0.3 is 5.97 Å². The Labute approximate surface area is 216 Å². The number of carbonyl (C=O) groups is 2. The topological polar surface area (TPSA) is 102 Å². The first kappa shape index (κ1) is 25.1. The van der Waals surface area contributed by atoms with Crippen molar-refractivity contribution >= 4 is 46.8 Å². The number of rotatable bonds is 7. The molecule has 0 radical (unpaired) electrons. The molecular formula is C24H21Cl2N3O5S. The lowest BCUT2D eigenvalue weighted by Gasteiger charge is -2.25. The van der Waals surface area contributed by atoms with E-state index in [1.54, 1.807) is 30.5 Å². The molecule has 35 heavy (non-hydrogen) atoms. The van der Waals surface area contributed by atoms with Crippen LogP contribution in [0.5, 0.6) is 11.5 Å². The monoisotopic (exact) mass is 533 g/mol. The van der Waals surface area contributed by atoms with Crippen molar-refractivity contribution in [3.63, 3.8) is 0 Å². The lowest BCUT2D eigenvalue weighted by atomic mass is 10.0. The number of methoxy groups -OCH3 is 2. The van der Waals surface area contributed by atoms with E-state index in [1.807, 2.05) is 0 Å². The van der Waals surface area contributed by atoms with Crippen LogP contribution in [-0.2, 0) is 22.5 Å². The van der Waals surface area contributed by atoms with Crippen LogP contribution in [0.25, 0.3) is 11.3 Å². The van der Waals surface area contributed by atoms with Gasteiger partial charge in [-0.25, -0.2) is 14.8 Å². The van der Waals surface area contributed by atoms with Crippen LogP contribution in [-0.4, -0.2) is 58.4 Å². The highest BCUT2D eigenvalue weighted by molar-refractivity contribution is 7.98. The van der Waals surface area contributed by atoms with E-state index in [4.69, 9.17) is 32.7 Å². The summed E-state index contributed by atoms with van der Waals surface area (Å²) in [7, 11) is 2.77. The van der Waals surface area contributed by atoms with E-state index < -0.39 is 17.9 Å². The molecule has 2 aromatic carbocycles. The highest BCUT2D eigenvalue weighted by atomic mass is 35.5. The number of thioether (sulfide) groups is 1. The number of hydrogen-bond acceptors (Lipinski definition) is 8. The van der Waals surface area contributed by atoms with Gasteiger partial charge in [0.15, 0.2) is 5.16 Å². The number of carbonyl (C=O) groups excluding carboxylic acids is 2. The van der Waals surface area contributed by atoms with Crippen molar-refractivity contribution < 1.29 is 24.2 Å².